The molecule has 0 spiro atoms. The fraction of sp³-hybridized carbons (Fsp3) is 0.111. The van der Waals surface area contributed by atoms with Gasteiger partial charge in [-0.3, -0.25) is 0 Å². The quantitative estimate of drug-likeness (QED) is 0.742. The number of rotatable bonds is 2. The standard InChI is InChI=1S/C9H9IO/c1-7(10)8-5-3-4-6-9(8)11-2/h3-6H,1H2,2H3. The number of halogens is 1. The molecule has 0 aromatic heterocycles. The molecule has 0 saturated heterocycles. The molecule has 11 heavy (non-hydrogen) atoms. The van der Waals surface area contributed by atoms with E-state index in [-0.39, 0.29) is 0 Å². The van der Waals surface area contributed by atoms with E-state index in [1.54, 1.807) is 7.11 Å². The largest absolute Gasteiger partial charge is 0.496 e. The van der Waals surface area contributed by atoms with Crippen molar-refractivity contribution in [3.05, 3.63) is 36.4 Å². The molecular weight excluding hydrogens is 251 g/mol. The van der Waals surface area contributed by atoms with Crippen LogP contribution in [0.25, 0.3) is 3.58 Å². The van der Waals surface area contributed by atoms with E-state index in [4.69, 9.17) is 4.74 Å². The van der Waals surface area contributed by atoms with Gasteiger partial charge < -0.3 is 4.74 Å². The summed E-state index contributed by atoms with van der Waals surface area (Å²) in [6.07, 6.45) is 0. The fourth-order valence-corrected chi connectivity index (χ4v) is 1.31. The number of hydrogen-bond donors (Lipinski definition) is 0. The number of methoxy groups -OCH3 is 1. The van der Waals surface area contributed by atoms with Gasteiger partial charge in [0.1, 0.15) is 5.75 Å². The summed E-state index contributed by atoms with van der Waals surface area (Å²) in [6, 6.07) is 7.84. The number of benzene rings is 1. The van der Waals surface area contributed by atoms with E-state index in [9.17, 15) is 0 Å². The highest BCUT2D eigenvalue weighted by molar-refractivity contribution is 14.1. The number of ether oxygens (including phenoxy) is 1. The van der Waals surface area contributed by atoms with Crippen molar-refractivity contribution in [1.29, 1.82) is 0 Å². The third kappa shape index (κ3) is 1.96. The summed E-state index contributed by atoms with van der Waals surface area (Å²) < 4.78 is 6.14. The first-order valence-corrected chi connectivity index (χ1v) is 4.31. The smallest absolute Gasteiger partial charge is 0.127 e. The maximum absolute atomic E-state index is 5.14. The lowest BCUT2D eigenvalue weighted by atomic mass is 10.2. The van der Waals surface area contributed by atoms with Crippen LogP contribution in [0.3, 0.4) is 0 Å². The molecular formula is C9H9IO. The first-order valence-electron chi connectivity index (χ1n) is 3.23. The molecule has 0 aliphatic heterocycles. The van der Waals surface area contributed by atoms with Gasteiger partial charge in [-0.1, -0.05) is 24.8 Å². The molecule has 1 nitrogen and oxygen atoms in total. The maximum Gasteiger partial charge on any atom is 0.127 e. The molecule has 0 N–H and O–H groups in total. The van der Waals surface area contributed by atoms with E-state index >= 15 is 0 Å². The Labute approximate surface area is 80.2 Å². The number of hydrogen-bond acceptors (Lipinski definition) is 1. The molecule has 0 radical (unpaired) electrons. The zero-order valence-electron chi connectivity index (χ0n) is 6.30. The highest BCUT2D eigenvalue weighted by Crippen LogP contribution is 2.28. The molecule has 0 fully saturated rings. The third-order valence-electron chi connectivity index (χ3n) is 1.40. The highest BCUT2D eigenvalue weighted by atomic mass is 127. The lowest BCUT2D eigenvalue weighted by molar-refractivity contribution is 0.414. The zero-order chi connectivity index (χ0) is 8.27. The normalized spacial score (nSPS) is 9.27. The molecule has 0 bridgehead atoms. The van der Waals surface area contributed by atoms with Crippen molar-refractivity contribution in [2.45, 2.75) is 0 Å². The Morgan fingerprint density at radius 2 is 2.09 bits per heavy atom. The summed E-state index contributed by atoms with van der Waals surface area (Å²) in [6.45, 7) is 3.84. The molecule has 1 rings (SSSR count). The van der Waals surface area contributed by atoms with Crippen LogP contribution in [0.15, 0.2) is 30.8 Å². The molecule has 0 atom stereocenters. The Balaban J connectivity index is 3.12. The maximum atomic E-state index is 5.14. The molecule has 0 saturated carbocycles. The van der Waals surface area contributed by atoms with E-state index in [0.717, 1.165) is 14.9 Å². The second-order valence-corrected chi connectivity index (χ2v) is 3.41. The number of para-hydroxylation sites is 1. The molecule has 58 valence electrons. The van der Waals surface area contributed by atoms with Crippen LogP contribution in [0.1, 0.15) is 5.56 Å². The van der Waals surface area contributed by atoms with Crippen molar-refractivity contribution in [3.8, 4) is 5.75 Å². The molecule has 1 aromatic carbocycles. The third-order valence-corrected chi connectivity index (χ3v) is 1.98. The van der Waals surface area contributed by atoms with Crippen molar-refractivity contribution in [1.82, 2.24) is 0 Å². The topological polar surface area (TPSA) is 9.23 Å². The first-order chi connectivity index (χ1) is 5.25. The van der Waals surface area contributed by atoms with Gasteiger partial charge in [0.25, 0.3) is 0 Å². The predicted octanol–water partition coefficient (Wildman–Crippen LogP) is 3.10. The van der Waals surface area contributed by atoms with E-state index < -0.39 is 0 Å². The van der Waals surface area contributed by atoms with Gasteiger partial charge >= 0.3 is 0 Å². The molecule has 2 heteroatoms. The van der Waals surface area contributed by atoms with Gasteiger partial charge in [0.2, 0.25) is 0 Å². The predicted molar refractivity (Wildman–Crippen MR) is 56.0 cm³/mol. The van der Waals surface area contributed by atoms with Crippen molar-refractivity contribution in [3.63, 3.8) is 0 Å². The average Bonchev–Trinajstić information content (AvgIpc) is 2.04. The van der Waals surface area contributed by atoms with Crippen LogP contribution in [0.2, 0.25) is 0 Å². The summed E-state index contributed by atoms with van der Waals surface area (Å²) in [5.74, 6) is 0.881. The van der Waals surface area contributed by atoms with Crippen molar-refractivity contribution < 1.29 is 4.74 Å². The van der Waals surface area contributed by atoms with Crippen LogP contribution in [0, 0.1) is 0 Å². The molecule has 1 aromatic rings. The van der Waals surface area contributed by atoms with Gasteiger partial charge in [0.15, 0.2) is 0 Å². The summed E-state index contributed by atoms with van der Waals surface area (Å²) >= 11 is 2.18. The van der Waals surface area contributed by atoms with Crippen LogP contribution in [0.5, 0.6) is 5.75 Å². The molecule has 0 amide bonds. The minimum absolute atomic E-state index is 0.881. The lowest BCUT2D eigenvalue weighted by Crippen LogP contribution is -1.86. The van der Waals surface area contributed by atoms with Crippen molar-refractivity contribution in [2.75, 3.05) is 7.11 Å². The minimum atomic E-state index is 0.881. The van der Waals surface area contributed by atoms with Crippen LogP contribution >= 0.6 is 22.6 Å². The Bertz CT molecular complexity index is 268. The van der Waals surface area contributed by atoms with Gasteiger partial charge in [-0.25, -0.2) is 0 Å². The Morgan fingerprint density at radius 1 is 1.45 bits per heavy atom. The molecule has 0 unspecified atom stereocenters. The van der Waals surface area contributed by atoms with Gasteiger partial charge in [-0.05, 0) is 28.7 Å². The van der Waals surface area contributed by atoms with E-state index in [2.05, 4.69) is 29.2 Å². The van der Waals surface area contributed by atoms with Gasteiger partial charge in [-0.15, -0.1) is 0 Å². The fourth-order valence-electron chi connectivity index (χ4n) is 0.869. The molecule has 0 aliphatic rings. The summed E-state index contributed by atoms with van der Waals surface area (Å²) in [7, 11) is 1.67. The van der Waals surface area contributed by atoms with Crippen LogP contribution in [-0.2, 0) is 0 Å². The second kappa shape index (κ2) is 3.76. The average molecular weight is 260 g/mol. The summed E-state index contributed by atoms with van der Waals surface area (Å²) in [4.78, 5) is 0. The van der Waals surface area contributed by atoms with Gasteiger partial charge in [0.05, 0.1) is 7.11 Å². The van der Waals surface area contributed by atoms with E-state index in [0.29, 0.717) is 0 Å². The minimum Gasteiger partial charge on any atom is -0.496 e. The van der Waals surface area contributed by atoms with Crippen LogP contribution in [-0.4, -0.2) is 7.11 Å². The van der Waals surface area contributed by atoms with Crippen LogP contribution < -0.4 is 4.74 Å². The van der Waals surface area contributed by atoms with Crippen LogP contribution in [0.4, 0.5) is 0 Å². The monoisotopic (exact) mass is 260 g/mol. The van der Waals surface area contributed by atoms with Crippen molar-refractivity contribution in [2.24, 2.45) is 0 Å². The first kappa shape index (κ1) is 8.59. The Hall–Kier alpha value is -0.510. The molecule has 0 heterocycles. The molecule has 0 aliphatic carbocycles. The van der Waals surface area contributed by atoms with E-state index in [1.807, 2.05) is 24.3 Å². The zero-order valence-corrected chi connectivity index (χ0v) is 8.46. The summed E-state index contributed by atoms with van der Waals surface area (Å²) in [5, 5.41) is 0. The second-order valence-electron chi connectivity index (χ2n) is 2.11. The Morgan fingerprint density at radius 3 is 2.55 bits per heavy atom. The van der Waals surface area contributed by atoms with E-state index in [1.165, 1.54) is 0 Å². The summed E-state index contributed by atoms with van der Waals surface area (Å²) in [5.41, 5.74) is 1.07. The van der Waals surface area contributed by atoms with Crippen molar-refractivity contribution >= 4 is 26.2 Å². The van der Waals surface area contributed by atoms with Gasteiger partial charge in [-0.2, -0.15) is 0 Å². The highest BCUT2D eigenvalue weighted by Gasteiger charge is 2.00. The lowest BCUT2D eigenvalue weighted by Gasteiger charge is -2.05. The van der Waals surface area contributed by atoms with Gasteiger partial charge in [0, 0.05) is 9.14 Å². The SMILES string of the molecule is C=C(I)c1ccccc1OC. The Kier molecular flexibility index (Phi) is 2.93.